The van der Waals surface area contributed by atoms with E-state index in [-0.39, 0.29) is 23.5 Å². The molecule has 0 atom stereocenters. The maximum atomic E-state index is 4.45. The number of anilines is 1. The van der Waals surface area contributed by atoms with Gasteiger partial charge >= 0.3 is 0 Å². The second kappa shape index (κ2) is 5.00. The summed E-state index contributed by atoms with van der Waals surface area (Å²) >= 11 is 0. The standard InChI is InChI=1S/C14H22N4.ClH/c1-13(2,3)18(14(4,5)6)11-10-16-17-9-7-8-15-12(11)17;/h7-10H,1-6H3;1H. The Morgan fingerprint density at radius 1 is 1.05 bits per heavy atom. The van der Waals surface area contributed by atoms with Gasteiger partial charge in [0.15, 0.2) is 5.65 Å². The van der Waals surface area contributed by atoms with Crippen LogP contribution in [-0.2, 0) is 0 Å². The highest BCUT2D eigenvalue weighted by Gasteiger charge is 2.33. The van der Waals surface area contributed by atoms with Crippen LogP contribution in [0.4, 0.5) is 5.69 Å². The number of nitrogens with zero attached hydrogens (tertiary/aromatic N) is 4. The minimum absolute atomic E-state index is 0. The second-order valence-corrected chi connectivity index (χ2v) is 6.59. The highest BCUT2D eigenvalue weighted by molar-refractivity contribution is 5.85. The Morgan fingerprint density at radius 2 is 1.63 bits per heavy atom. The first-order chi connectivity index (χ1) is 8.21. The molecule has 2 rings (SSSR count). The summed E-state index contributed by atoms with van der Waals surface area (Å²) in [6.07, 6.45) is 5.64. The van der Waals surface area contributed by atoms with Crippen LogP contribution in [0, 0.1) is 0 Å². The van der Waals surface area contributed by atoms with Crippen molar-refractivity contribution in [2.75, 3.05) is 4.90 Å². The third-order valence-electron chi connectivity index (χ3n) is 2.84. The molecule has 5 heteroatoms. The number of rotatable bonds is 1. The lowest BCUT2D eigenvalue weighted by Crippen LogP contribution is -2.53. The van der Waals surface area contributed by atoms with Gasteiger partial charge in [-0.25, -0.2) is 9.50 Å². The van der Waals surface area contributed by atoms with Crippen molar-refractivity contribution in [2.24, 2.45) is 0 Å². The van der Waals surface area contributed by atoms with Crippen LogP contribution in [-0.4, -0.2) is 25.7 Å². The summed E-state index contributed by atoms with van der Waals surface area (Å²) < 4.78 is 1.82. The molecule has 0 saturated heterocycles. The van der Waals surface area contributed by atoms with Crippen LogP contribution >= 0.6 is 12.4 Å². The fourth-order valence-electron chi connectivity index (χ4n) is 2.70. The summed E-state index contributed by atoms with van der Waals surface area (Å²) in [7, 11) is 0. The lowest BCUT2D eigenvalue weighted by molar-refractivity contribution is 0.381. The lowest BCUT2D eigenvalue weighted by Gasteiger charge is -2.46. The minimum atomic E-state index is 0. The van der Waals surface area contributed by atoms with Crippen LogP contribution in [0.15, 0.2) is 24.7 Å². The van der Waals surface area contributed by atoms with Gasteiger partial charge in [-0.2, -0.15) is 5.10 Å². The number of fused-ring (bicyclic) bond motifs is 1. The fraction of sp³-hybridized carbons (Fsp3) is 0.571. The van der Waals surface area contributed by atoms with Crippen molar-refractivity contribution in [1.82, 2.24) is 14.6 Å². The maximum absolute atomic E-state index is 4.45. The molecule has 0 aliphatic carbocycles. The van der Waals surface area contributed by atoms with Gasteiger partial charge in [-0.05, 0) is 47.6 Å². The highest BCUT2D eigenvalue weighted by atomic mass is 35.5. The quantitative estimate of drug-likeness (QED) is 0.802. The molecule has 4 nitrogen and oxygen atoms in total. The molecule has 0 radical (unpaired) electrons. The highest BCUT2D eigenvalue weighted by Crippen LogP contribution is 2.33. The number of halogens is 1. The van der Waals surface area contributed by atoms with Gasteiger partial charge in [-0.3, -0.25) is 0 Å². The molecule has 0 bridgehead atoms. The molecule has 2 aromatic rings. The van der Waals surface area contributed by atoms with Gasteiger partial charge in [-0.15, -0.1) is 12.4 Å². The van der Waals surface area contributed by atoms with Crippen LogP contribution in [0.25, 0.3) is 5.65 Å². The third-order valence-corrected chi connectivity index (χ3v) is 2.84. The molecule has 0 N–H and O–H groups in total. The van der Waals surface area contributed by atoms with Gasteiger partial charge in [0.1, 0.15) is 5.69 Å². The van der Waals surface area contributed by atoms with Crippen molar-refractivity contribution in [3.05, 3.63) is 24.7 Å². The topological polar surface area (TPSA) is 33.4 Å². The van der Waals surface area contributed by atoms with E-state index in [0.29, 0.717) is 0 Å². The first kappa shape index (κ1) is 15.8. The van der Waals surface area contributed by atoms with Gasteiger partial charge in [0.2, 0.25) is 0 Å². The van der Waals surface area contributed by atoms with Crippen LogP contribution < -0.4 is 4.90 Å². The van der Waals surface area contributed by atoms with E-state index in [2.05, 4.69) is 56.5 Å². The zero-order valence-corrected chi connectivity index (χ0v) is 13.3. The maximum Gasteiger partial charge on any atom is 0.178 e. The molecular weight excluding hydrogens is 260 g/mol. The third kappa shape index (κ3) is 3.00. The molecule has 0 amide bonds. The summed E-state index contributed by atoms with van der Waals surface area (Å²) in [6.45, 7) is 13.3. The van der Waals surface area contributed by atoms with E-state index in [1.54, 1.807) is 0 Å². The molecule has 0 saturated carbocycles. The molecular formula is C14H23ClN4. The normalized spacial score (nSPS) is 12.3. The predicted octanol–water partition coefficient (Wildman–Crippen LogP) is 3.55. The molecule has 0 fully saturated rings. The Hall–Kier alpha value is -1.29. The van der Waals surface area contributed by atoms with Gasteiger partial charge in [0, 0.05) is 23.5 Å². The van der Waals surface area contributed by atoms with Gasteiger partial charge in [-0.1, -0.05) is 0 Å². The van der Waals surface area contributed by atoms with E-state index in [9.17, 15) is 0 Å². The van der Waals surface area contributed by atoms with Crippen molar-refractivity contribution in [1.29, 1.82) is 0 Å². The number of hydrogen-bond acceptors (Lipinski definition) is 3. The Balaban J connectivity index is 0.00000180. The second-order valence-electron chi connectivity index (χ2n) is 6.59. The zero-order valence-electron chi connectivity index (χ0n) is 12.5. The Bertz CT molecular complexity index is 534. The van der Waals surface area contributed by atoms with E-state index < -0.39 is 0 Å². The van der Waals surface area contributed by atoms with E-state index in [1.807, 2.05) is 29.2 Å². The summed E-state index contributed by atoms with van der Waals surface area (Å²) in [5.41, 5.74) is 2.01. The largest absolute Gasteiger partial charge is 0.357 e. The van der Waals surface area contributed by atoms with Crippen LogP contribution in [0.3, 0.4) is 0 Å². The Kier molecular flexibility index (Phi) is 4.15. The molecule has 2 aromatic heterocycles. The molecule has 19 heavy (non-hydrogen) atoms. The average Bonchev–Trinajstić information content (AvgIpc) is 2.58. The minimum Gasteiger partial charge on any atom is -0.357 e. The summed E-state index contributed by atoms with van der Waals surface area (Å²) in [4.78, 5) is 6.82. The van der Waals surface area contributed by atoms with Gasteiger partial charge in [0.25, 0.3) is 0 Å². The summed E-state index contributed by atoms with van der Waals surface area (Å²) in [5, 5.41) is 4.38. The fourth-order valence-corrected chi connectivity index (χ4v) is 2.70. The Morgan fingerprint density at radius 3 is 2.16 bits per heavy atom. The monoisotopic (exact) mass is 282 g/mol. The van der Waals surface area contributed by atoms with Crippen LogP contribution in [0.1, 0.15) is 41.5 Å². The number of hydrogen-bond donors (Lipinski definition) is 0. The van der Waals surface area contributed by atoms with E-state index in [4.69, 9.17) is 0 Å². The SMILES string of the molecule is CC(C)(C)N(c1cnn2cccnc12)C(C)(C)C.Cl. The van der Waals surface area contributed by atoms with Crippen molar-refractivity contribution in [3.63, 3.8) is 0 Å². The molecule has 0 spiro atoms. The van der Waals surface area contributed by atoms with Crippen LogP contribution in [0.5, 0.6) is 0 Å². The van der Waals surface area contributed by atoms with Crippen molar-refractivity contribution in [3.8, 4) is 0 Å². The summed E-state index contributed by atoms with van der Waals surface area (Å²) in [6, 6.07) is 1.89. The van der Waals surface area contributed by atoms with E-state index in [1.165, 1.54) is 0 Å². The molecule has 2 heterocycles. The Labute approximate surface area is 121 Å². The van der Waals surface area contributed by atoms with Crippen molar-refractivity contribution < 1.29 is 0 Å². The predicted molar refractivity (Wildman–Crippen MR) is 82.2 cm³/mol. The zero-order chi connectivity index (χ0) is 13.6. The molecule has 106 valence electrons. The van der Waals surface area contributed by atoms with Gasteiger partial charge in [0.05, 0.1) is 6.20 Å². The van der Waals surface area contributed by atoms with Crippen molar-refractivity contribution in [2.45, 2.75) is 52.6 Å². The molecule has 0 aliphatic heterocycles. The van der Waals surface area contributed by atoms with Crippen LogP contribution in [0.2, 0.25) is 0 Å². The first-order valence-electron chi connectivity index (χ1n) is 6.30. The average molecular weight is 283 g/mol. The summed E-state index contributed by atoms with van der Waals surface area (Å²) in [5.74, 6) is 0. The van der Waals surface area contributed by atoms with Crippen molar-refractivity contribution >= 4 is 23.7 Å². The first-order valence-corrected chi connectivity index (χ1v) is 6.30. The van der Waals surface area contributed by atoms with E-state index in [0.717, 1.165) is 11.3 Å². The molecule has 0 unspecified atom stereocenters. The smallest absolute Gasteiger partial charge is 0.178 e. The lowest BCUT2D eigenvalue weighted by atomic mass is 9.95. The molecule has 0 aromatic carbocycles. The molecule has 0 aliphatic rings. The van der Waals surface area contributed by atoms with E-state index >= 15 is 0 Å². The number of aromatic nitrogens is 3. The van der Waals surface area contributed by atoms with Gasteiger partial charge < -0.3 is 4.90 Å².